The van der Waals surface area contributed by atoms with Crippen molar-refractivity contribution in [2.24, 2.45) is 0 Å². The van der Waals surface area contributed by atoms with Crippen molar-refractivity contribution in [2.75, 3.05) is 31.3 Å². The second-order valence-corrected chi connectivity index (χ2v) is 4.15. The number of methoxy groups -OCH3 is 1. The van der Waals surface area contributed by atoms with Crippen LogP contribution >= 0.6 is 11.6 Å². The molecule has 0 amide bonds. The highest BCUT2D eigenvalue weighted by Crippen LogP contribution is 2.22. The van der Waals surface area contributed by atoms with Crippen LogP contribution in [-0.4, -0.2) is 20.3 Å². The van der Waals surface area contributed by atoms with Crippen LogP contribution in [0.1, 0.15) is 19.3 Å². The van der Waals surface area contributed by atoms with Gasteiger partial charge in [-0.15, -0.1) is 0 Å². The number of hydrogen-bond acceptors (Lipinski definition) is 3. The Bertz CT molecular complexity index is 318. The average molecular weight is 243 g/mol. The summed E-state index contributed by atoms with van der Waals surface area (Å²) in [5.41, 5.74) is 7.47. The Morgan fingerprint density at radius 3 is 2.81 bits per heavy atom. The van der Waals surface area contributed by atoms with E-state index >= 15 is 0 Å². The number of rotatable bonds is 7. The first-order valence-electron chi connectivity index (χ1n) is 5.52. The van der Waals surface area contributed by atoms with Crippen LogP contribution in [0.4, 0.5) is 11.4 Å². The van der Waals surface area contributed by atoms with E-state index in [9.17, 15) is 0 Å². The van der Waals surface area contributed by atoms with E-state index in [4.69, 9.17) is 22.1 Å². The van der Waals surface area contributed by atoms with E-state index < -0.39 is 0 Å². The van der Waals surface area contributed by atoms with E-state index in [0.29, 0.717) is 10.7 Å². The lowest BCUT2D eigenvalue weighted by atomic mass is 10.2. The minimum Gasteiger partial charge on any atom is -0.397 e. The van der Waals surface area contributed by atoms with Crippen molar-refractivity contribution in [3.05, 3.63) is 23.2 Å². The third-order valence-corrected chi connectivity index (χ3v) is 2.59. The summed E-state index contributed by atoms with van der Waals surface area (Å²) < 4.78 is 4.98. The van der Waals surface area contributed by atoms with Crippen LogP contribution in [-0.2, 0) is 4.74 Å². The van der Waals surface area contributed by atoms with Gasteiger partial charge >= 0.3 is 0 Å². The second-order valence-electron chi connectivity index (χ2n) is 3.71. The number of unbranched alkanes of at least 4 members (excludes halogenated alkanes) is 2. The Morgan fingerprint density at radius 2 is 2.12 bits per heavy atom. The van der Waals surface area contributed by atoms with Gasteiger partial charge in [0, 0.05) is 25.3 Å². The molecule has 0 unspecified atom stereocenters. The van der Waals surface area contributed by atoms with E-state index in [0.717, 1.165) is 38.1 Å². The molecule has 0 aromatic heterocycles. The van der Waals surface area contributed by atoms with Crippen molar-refractivity contribution in [3.8, 4) is 0 Å². The van der Waals surface area contributed by atoms with Gasteiger partial charge in [0.15, 0.2) is 0 Å². The van der Waals surface area contributed by atoms with Gasteiger partial charge in [0.2, 0.25) is 0 Å². The summed E-state index contributed by atoms with van der Waals surface area (Å²) in [5.74, 6) is 0. The third-order valence-electron chi connectivity index (χ3n) is 2.35. The Kier molecular flexibility index (Phi) is 6.04. The van der Waals surface area contributed by atoms with Crippen molar-refractivity contribution >= 4 is 23.0 Å². The maximum atomic E-state index is 5.82. The summed E-state index contributed by atoms with van der Waals surface area (Å²) >= 11 is 5.81. The van der Waals surface area contributed by atoms with Crippen molar-refractivity contribution in [1.29, 1.82) is 0 Å². The van der Waals surface area contributed by atoms with Gasteiger partial charge in [-0.1, -0.05) is 11.6 Å². The first kappa shape index (κ1) is 13.1. The summed E-state index contributed by atoms with van der Waals surface area (Å²) in [6, 6.07) is 5.51. The van der Waals surface area contributed by atoms with Gasteiger partial charge in [0.25, 0.3) is 0 Å². The van der Waals surface area contributed by atoms with Crippen LogP contribution in [0.2, 0.25) is 5.02 Å². The molecular formula is C12H19ClN2O. The summed E-state index contributed by atoms with van der Waals surface area (Å²) in [7, 11) is 1.73. The number of anilines is 2. The highest BCUT2D eigenvalue weighted by molar-refractivity contribution is 6.31. The van der Waals surface area contributed by atoms with Crippen molar-refractivity contribution in [2.45, 2.75) is 19.3 Å². The normalized spacial score (nSPS) is 10.4. The largest absolute Gasteiger partial charge is 0.397 e. The number of nitrogen functional groups attached to an aromatic ring is 1. The number of ether oxygens (including phenoxy) is 1. The van der Waals surface area contributed by atoms with Crippen LogP contribution < -0.4 is 11.1 Å². The molecule has 1 rings (SSSR count). The van der Waals surface area contributed by atoms with Gasteiger partial charge in [-0.05, 0) is 37.5 Å². The lowest BCUT2D eigenvalue weighted by Crippen LogP contribution is -2.04. The topological polar surface area (TPSA) is 47.3 Å². The summed E-state index contributed by atoms with van der Waals surface area (Å²) in [4.78, 5) is 0. The molecule has 0 aliphatic carbocycles. The molecule has 0 bridgehead atoms. The summed E-state index contributed by atoms with van der Waals surface area (Å²) in [6.45, 7) is 1.76. The van der Waals surface area contributed by atoms with Gasteiger partial charge in [0.1, 0.15) is 0 Å². The maximum Gasteiger partial charge on any atom is 0.0574 e. The first-order valence-corrected chi connectivity index (χ1v) is 5.89. The molecule has 3 N–H and O–H groups in total. The molecule has 16 heavy (non-hydrogen) atoms. The van der Waals surface area contributed by atoms with Crippen LogP contribution in [0.25, 0.3) is 0 Å². The molecule has 4 heteroatoms. The number of benzene rings is 1. The lowest BCUT2D eigenvalue weighted by Gasteiger charge is -2.09. The Labute approximate surface area is 102 Å². The van der Waals surface area contributed by atoms with Crippen molar-refractivity contribution in [1.82, 2.24) is 0 Å². The zero-order valence-electron chi connectivity index (χ0n) is 9.63. The first-order chi connectivity index (χ1) is 7.74. The molecule has 0 spiro atoms. The number of nitrogens with two attached hydrogens (primary N) is 1. The molecule has 3 nitrogen and oxygen atoms in total. The lowest BCUT2D eigenvalue weighted by molar-refractivity contribution is 0.192. The zero-order valence-corrected chi connectivity index (χ0v) is 10.4. The van der Waals surface area contributed by atoms with Gasteiger partial charge < -0.3 is 15.8 Å². The van der Waals surface area contributed by atoms with Crippen molar-refractivity contribution < 1.29 is 4.74 Å². The molecule has 90 valence electrons. The average Bonchev–Trinajstić information content (AvgIpc) is 2.26. The predicted octanol–water partition coefficient (Wildman–Crippen LogP) is 3.15. The highest BCUT2D eigenvalue weighted by Gasteiger charge is 1.98. The summed E-state index contributed by atoms with van der Waals surface area (Å²) in [5, 5.41) is 3.96. The van der Waals surface area contributed by atoms with E-state index in [-0.39, 0.29) is 0 Å². The molecule has 0 aliphatic rings. The fourth-order valence-electron chi connectivity index (χ4n) is 1.47. The quantitative estimate of drug-likeness (QED) is 0.570. The number of hydrogen-bond donors (Lipinski definition) is 2. The Hall–Kier alpha value is -0.930. The monoisotopic (exact) mass is 242 g/mol. The fourth-order valence-corrected chi connectivity index (χ4v) is 1.65. The maximum absolute atomic E-state index is 5.82. The van der Waals surface area contributed by atoms with Gasteiger partial charge in [-0.25, -0.2) is 0 Å². The smallest absolute Gasteiger partial charge is 0.0574 e. The third kappa shape index (κ3) is 4.73. The van der Waals surface area contributed by atoms with E-state index in [1.807, 2.05) is 12.1 Å². The molecule has 1 aromatic rings. The van der Waals surface area contributed by atoms with E-state index in [1.54, 1.807) is 13.2 Å². The molecule has 0 atom stereocenters. The van der Waals surface area contributed by atoms with Crippen LogP contribution in [0.3, 0.4) is 0 Å². The van der Waals surface area contributed by atoms with Crippen molar-refractivity contribution in [3.63, 3.8) is 0 Å². The molecule has 0 fully saturated rings. The second kappa shape index (κ2) is 7.36. The van der Waals surface area contributed by atoms with E-state index in [1.165, 1.54) is 0 Å². The Morgan fingerprint density at radius 1 is 1.31 bits per heavy atom. The Balaban J connectivity index is 2.21. The van der Waals surface area contributed by atoms with Crippen LogP contribution in [0.5, 0.6) is 0 Å². The van der Waals surface area contributed by atoms with Gasteiger partial charge in [-0.3, -0.25) is 0 Å². The molecule has 0 aliphatic heterocycles. The van der Waals surface area contributed by atoms with Gasteiger partial charge in [0.05, 0.1) is 11.4 Å². The zero-order chi connectivity index (χ0) is 11.8. The summed E-state index contributed by atoms with van der Waals surface area (Å²) in [6.07, 6.45) is 3.38. The minimum atomic E-state index is 0.670. The highest BCUT2D eigenvalue weighted by atomic mass is 35.5. The fraction of sp³-hybridized carbons (Fsp3) is 0.500. The van der Waals surface area contributed by atoms with E-state index in [2.05, 4.69) is 5.32 Å². The standard InChI is InChI=1S/C12H19ClN2O/c1-16-8-4-2-3-7-15-12-6-5-10(13)9-11(12)14/h5-6,9,15H,2-4,7-8,14H2,1H3. The van der Waals surface area contributed by atoms with Crippen LogP contribution in [0, 0.1) is 0 Å². The van der Waals surface area contributed by atoms with Gasteiger partial charge in [-0.2, -0.15) is 0 Å². The SMILES string of the molecule is COCCCCCNc1ccc(Cl)cc1N. The number of halogens is 1. The minimum absolute atomic E-state index is 0.670. The molecule has 0 saturated carbocycles. The predicted molar refractivity (Wildman–Crippen MR) is 70.1 cm³/mol. The molecule has 0 saturated heterocycles. The number of nitrogens with one attached hydrogen (secondary N) is 1. The molecular weight excluding hydrogens is 224 g/mol. The molecule has 0 radical (unpaired) electrons. The molecule has 1 aromatic carbocycles. The van der Waals surface area contributed by atoms with Crippen LogP contribution in [0.15, 0.2) is 18.2 Å². The molecule has 0 heterocycles.